The van der Waals surface area contributed by atoms with E-state index < -0.39 is 12.1 Å². The van der Waals surface area contributed by atoms with Gasteiger partial charge in [0.05, 0.1) is 38.0 Å². The molecule has 0 radical (unpaired) electrons. The molecule has 0 aliphatic carbocycles. The Hall–Kier alpha value is -3.43. The van der Waals surface area contributed by atoms with Gasteiger partial charge in [0.25, 0.3) is 5.91 Å². The summed E-state index contributed by atoms with van der Waals surface area (Å²) in [6, 6.07) is 17.0. The summed E-state index contributed by atoms with van der Waals surface area (Å²) in [5.74, 6) is -0.0598. The molecule has 0 unspecified atom stereocenters. The maximum atomic E-state index is 13.5. The number of hydrogen-bond acceptors (Lipinski definition) is 6. The summed E-state index contributed by atoms with van der Waals surface area (Å²) in [5, 5.41) is 5.04. The highest BCUT2D eigenvalue weighted by molar-refractivity contribution is 7.10. The van der Waals surface area contributed by atoms with Crippen molar-refractivity contribution in [3.63, 3.8) is 0 Å². The second kappa shape index (κ2) is 10.5. The fraction of sp³-hybridized carbons (Fsp3) is 0.308. The topological polar surface area (TPSA) is 71.1 Å². The van der Waals surface area contributed by atoms with E-state index in [0.717, 1.165) is 16.1 Å². The molecular formula is C26H26FN3O4S. The minimum Gasteiger partial charge on any atom is -0.477 e. The fourth-order valence-electron chi connectivity index (χ4n) is 4.38. The van der Waals surface area contributed by atoms with Gasteiger partial charge in [-0.15, -0.1) is 11.3 Å². The first kappa shape index (κ1) is 23.3. The number of para-hydroxylation sites is 2. The number of carbonyl (C=O) groups is 2. The van der Waals surface area contributed by atoms with Crippen molar-refractivity contribution in [1.29, 1.82) is 0 Å². The molecule has 0 bridgehead atoms. The number of rotatable bonds is 6. The largest absolute Gasteiger partial charge is 0.477 e. The average Bonchev–Trinajstić information content (AvgIpc) is 3.43. The van der Waals surface area contributed by atoms with Crippen molar-refractivity contribution in [1.82, 2.24) is 10.2 Å². The highest BCUT2D eigenvalue weighted by Gasteiger charge is 2.35. The zero-order valence-corrected chi connectivity index (χ0v) is 19.9. The summed E-state index contributed by atoms with van der Waals surface area (Å²) in [6.45, 7) is 2.39. The number of nitrogens with one attached hydrogen (secondary N) is 1. The molecule has 7 nitrogen and oxygen atoms in total. The molecule has 2 atom stereocenters. The molecule has 0 spiro atoms. The van der Waals surface area contributed by atoms with Crippen molar-refractivity contribution in [3.05, 3.63) is 82.3 Å². The normalized spacial score (nSPS) is 18.4. The molecule has 1 N–H and O–H groups in total. The number of hydrogen-bond donors (Lipinski definition) is 1. The van der Waals surface area contributed by atoms with Crippen molar-refractivity contribution in [2.24, 2.45) is 0 Å². The third-order valence-electron chi connectivity index (χ3n) is 6.13. The number of benzene rings is 2. The predicted octanol–water partition coefficient (Wildman–Crippen LogP) is 3.22. The Morgan fingerprint density at radius 3 is 2.57 bits per heavy atom. The Morgan fingerprint density at radius 2 is 1.83 bits per heavy atom. The maximum absolute atomic E-state index is 13.5. The highest BCUT2D eigenvalue weighted by Crippen LogP contribution is 2.34. The SMILES string of the molecule is O=C(CN1C[C@@H](C(=O)N2CCOCC2)Oc2ccccc21)N[C@@H](c1ccc(F)cc1)c1cccs1. The van der Waals surface area contributed by atoms with Crippen molar-refractivity contribution in [2.75, 3.05) is 44.3 Å². The lowest BCUT2D eigenvalue weighted by atomic mass is 10.1. The van der Waals surface area contributed by atoms with Crippen LogP contribution in [-0.2, 0) is 14.3 Å². The summed E-state index contributed by atoms with van der Waals surface area (Å²) in [5.41, 5.74) is 1.56. The minimum absolute atomic E-state index is 0.0519. The van der Waals surface area contributed by atoms with E-state index in [0.29, 0.717) is 32.1 Å². The number of anilines is 1. The lowest BCUT2D eigenvalue weighted by Crippen LogP contribution is -2.54. The van der Waals surface area contributed by atoms with Gasteiger partial charge < -0.3 is 24.6 Å². The minimum atomic E-state index is -0.707. The molecule has 35 heavy (non-hydrogen) atoms. The number of amides is 2. The quantitative estimate of drug-likeness (QED) is 0.569. The van der Waals surface area contributed by atoms with E-state index in [-0.39, 0.29) is 30.7 Å². The molecular weight excluding hydrogens is 469 g/mol. The van der Waals surface area contributed by atoms with Crippen LogP contribution < -0.4 is 15.0 Å². The fourth-order valence-corrected chi connectivity index (χ4v) is 5.18. The zero-order chi connectivity index (χ0) is 24.2. The lowest BCUT2D eigenvalue weighted by molar-refractivity contribution is -0.142. The molecule has 2 aliphatic heterocycles. The van der Waals surface area contributed by atoms with Crippen LogP contribution in [0, 0.1) is 5.82 Å². The van der Waals surface area contributed by atoms with E-state index in [1.807, 2.05) is 46.7 Å². The van der Waals surface area contributed by atoms with Gasteiger partial charge in [-0.25, -0.2) is 4.39 Å². The molecule has 2 amide bonds. The number of halogens is 1. The number of thiophene rings is 1. The van der Waals surface area contributed by atoms with Crippen LogP contribution in [0.5, 0.6) is 5.75 Å². The van der Waals surface area contributed by atoms with E-state index >= 15 is 0 Å². The maximum Gasteiger partial charge on any atom is 0.265 e. The average molecular weight is 496 g/mol. The van der Waals surface area contributed by atoms with Crippen molar-refractivity contribution in [2.45, 2.75) is 12.1 Å². The van der Waals surface area contributed by atoms with E-state index in [2.05, 4.69) is 5.32 Å². The van der Waals surface area contributed by atoms with Gasteiger partial charge in [0, 0.05) is 18.0 Å². The first-order chi connectivity index (χ1) is 17.1. The van der Waals surface area contributed by atoms with Gasteiger partial charge in [-0.05, 0) is 41.3 Å². The predicted molar refractivity (Wildman–Crippen MR) is 131 cm³/mol. The van der Waals surface area contributed by atoms with E-state index in [1.54, 1.807) is 17.0 Å². The summed E-state index contributed by atoms with van der Waals surface area (Å²) in [7, 11) is 0. The molecule has 1 aromatic heterocycles. The Balaban J connectivity index is 1.34. The first-order valence-electron chi connectivity index (χ1n) is 11.5. The summed E-state index contributed by atoms with van der Waals surface area (Å²) >= 11 is 1.52. The molecule has 0 saturated carbocycles. The smallest absolute Gasteiger partial charge is 0.265 e. The van der Waals surface area contributed by atoms with Crippen LogP contribution in [0.15, 0.2) is 66.0 Å². The number of carbonyl (C=O) groups excluding carboxylic acids is 2. The van der Waals surface area contributed by atoms with Crippen LogP contribution in [0.4, 0.5) is 10.1 Å². The number of ether oxygens (including phenoxy) is 2. The monoisotopic (exact) mass is 495 g/mol. The number of fused-ring (bicyclic) bond motifs is 1. The van der Waals surface area contributed by atoms with Crippen molar-refractivity contribution in [3.8, 4) is 5.75 Å². The van der Waals surface area contributed by atoms with Crippen LogP contribution in [-0.4, -0.2) is 62.2 Å². The summed E-state index contributed by atoms with van der Waals surface area (Å²) in [4.78, 5) is 31.0. The molecule has 2 aliphatic rings. The van der Waals surface area contributed by atoms with Gasteiger partial charge in [-0.3, -0.25) is 9.59 Å². The molecule has 182 valence electrons. The Kier molecular flexibility index (Phi) is 6.96. The molecule has 5 rings (SSSR count). The van der Waals surface area contributed by atoms with Gasteiger partial charge in [-0.1, -0.05) is 30.3 Å². The standard InChI is InChI=1S/C26H26FN3O4S/c27-19-9-7-18(8-10-19)25(23-6-3-15-35-23)28-24(31)17-30-16-22(26(32)29-11-13-33-14-12-29)34-21-5-2-1-4-20(21)30/h1-10,15,22,25H,11-14,16-17H2,(H,28,31)/t22-,25-/m0/s1. The van der Waals surface area contributed by atoms with Crippen LogP contribution in [0.25, 0.3) is 0 Å². The van der Waals surface area contributed by atoms with E-state index in [4.69, 9.17) is 9.47 Å². The van der Waals surface area contributed by atoms with Gasteiger partial charge in [0.1, 0.15) is 11.6 Å². The van der Waals surface area contributed by atoms with Crippen LogP contribution in [0.2, 0.25) is 0 Å². The lowest BCUT2D eigenvalue weighted by Gasteiger charge is -2.38. The van der Waals surface area contributed by atoms with Gasteiger partial charge in [0.2, 0.25) is 5.91 Å². The third-order valence-corrected chi connectivity index (χ3v) is 7.07. The van der Waals surface area contributed by atoms with Gasteiger partial charge in [-0.2, -0.15) is 0 Å². The Morgan fingerprint density at radius 1 is 1.06 bits per heavy atom. The molecule has 3 aromatic rings. The van der Waals surface area contributed by atoms with Crippen molar-refractivity contribution >= 4 is 28.8 Å². The number of morpholine rings is 1. The van der Waals surface area contributed by atoms with E-state index in [1.165, 1.54) is 23.5 Å². The third kappa shape index (κ3) is 5.31. The second-order valence-electron chi connectivity index (χ2n) is 8.46. The zero-order valence-electron chi connectivity index (χ0n) is 19.1. The summed E-state index contributed by atoms with van der Waals surface area (Å²) < 4.78 is 24.9. The number of nitrogens with zero attached hydrogens (tertiary/aromatic N) is 2. The van der Waals surface area contributed by atoms with Gasteiger partial charge >= 0.3 is 0 Å². The molecule has 2 aromatic carbocycles. The Labute approximate surface area is 207 Å². The first-order valence-corrected chi connectivity index (χ1v) is 12.4. The van der Waals surface area contributed by atoms with Crippen LogP contribution in [0.1, 0.15) is 16.5 Å². The van der Waals surface area contributed by atoms with Crippen LogP contribution >= 0.6 is 11.3 Å². The highest BCUT2D eigenvalue weighted by atomic mass is 32.1. The molecule has 1 fully saturated rings. The summed E-state index contributed by atoms with van der Waals surface area (Å²) in [6.07, 6.45) is -0.707. The molecule has 9 heteroatoms. The Bertz CT molecular complexity index is 1170. The van der Waals surface area contributed by atoms with Gasteiger partial charge in [0.15, 0.2) is 6.10 Å². The van der Waals surface area contributed by atoms with E-state index in [9.17, 15) is 14.0 Å². The van der Waals surface area contributed by atoms with Crippen LogP contribution in [0.3, 0.4) is 0 Å². The second-order valence-corrected chi connectivity index (χ2v) is 9.44. The van der Waals surface area contributed by atoms with Crippen molar-refractivity contribution < 1.29 is 23.5 Å². The molecule has 1 saturated heterocycles. The molecule has 3 heterocycles.